The van der Waals surface area contributed by atoms with Crippen LogP contribution in [-0.4, -0.2) is 44.4 Å². The zero-order valence-corrected chi connectivity index (χ0v) is 10.3. The highest BCUT2D eigenvalue weighted by atomic mass is 16.5. The second kappa shape index (κ2) is 7.38. The van der Waals surface area contributed by atoms with Crippen molar-refractivity contribution in [1.29, 1.82) is 0 Å². The molecule has 5 heteroatoms. The third kappa shape index (κ3) is 4.74. The summed E-state index contributed by atoms with van der Waals surface area (Å²) in [7, 11) is 5.70. The quantitative estimate of drug-likeness (QED) is 0.668. The summed E-state index contributed by atoms with van der Waals surface area (Å²) in [6, 6.07) is 1.94. The first-order valence-electron chi connectivity index (χ1n) is 5.52. The Morgan fingerprint density at radius 1 is 1.56 bits per heavy atom. The van der Waals surface area contributed by atoms with E-state index in [1.54, 1.807) is 7.11 Å². The van der Waals surface area contributed by atoms with Crippen LogP contribution in [0.3, 0.4) is 0 Å². The number of nitrogens with one attached hydrogen (secondary N) is 1. The first-order chi connectivity index (χ1) is 7.76. The van der Waals surface area contributed by atoms with Gasteiger partial charge in [-0.2, -0.15) is 0 Å². The van der Waals surface area contributed by atoms with Crippen molar-refractivity contribution in [1.82, 2.24) is 15.4 Å². The van der Waals surface area contributed by atoms with E-state index in [1.165, 1.54) is 0 Å². The van der Waals surface area contributed by atoms with E-state index < -0.39 is 0 Å². The summed E-state index contributed by atoms with van der Waals surface area (Å²) in [6.07, 6.45) is 1.13. The Morgan fingerprint density at radius 2 is 2.38 bits per heavy atom. The number of aromatic nitrogens is 1. The molecule has 0 aliphatic carbocycles. The van der Waals surface area contributed by atoms with Gasteiger partial charge in [-0.3, -0.25) is 0 Å². The average molecular weight is 227 g/mol. The molecule has 1 aromatic rings. The summed E-state index contributed by atoms with van der Waals surface area (Å²) in [5.41, 5.74) is 0.957. The van der Waals surface area contributed by atoms with Gasteiger partial charge in [-0.15, -0.1) is 0 Å². The van der Waals surface area contributed by atoms with Crippen molar-refractivity contribution in [2.24, 2.45) is 0 Å². The molecule has 0 aromatic carbocycles. The number of methoxy groups -OCH3 is 1. The van der Waals surface area contributed by atoms with Crippen LogP contribution in [0.2, 0.25) is 0 Å². The molecule has 1 N–H and O–H groups in total. The van der Waals surface area contributed by atoms with Gasteiger partial charge in [0.05, 0.1) is 5.69 Å². The molecule has 0 spiro atoms. The van der Waals surface area contributed by atoms with Crippen molar-refractivity contribution < 1.29 is 9.26 Å². The first kappa shape index (κ1) is 13.2. The Morgan fingerprint density at radius 3 is 3.06 bits per heavy atom. The second-order valence-electron chi connectivity index (χ2n) is 3.91. The summed E-state index contributed by atoms with van der Waals surface area (Å²) in [6.45, 7) is 3.39. The summed E-state index contributed by atoms with van der Waals surface area (Å²) in [4.78, 5) is 2.23. The molecule has 0 unspecified atom stereocenters. The van der Waals surface area contributed by atoms with E-state index in [4.69, 9.17) is 9.26 Å². The number of ether oxygens (including phenoxy) is 1. The predicted molar refractivity (Wildman–Crippen MR) is 62.1 cm³/mol. The monoisotopic (exact) mass is 227 g/mol. The standard InChI is InChI=1S/C11H21N3O2/c1-12-5-4-6-14(2)8-10-7-11(9-15-3)16-13-10/h7,12H,4-6,8-9H2,1-3H3. The number of hydrogen-bond acceptors (Lipinski definition) is 5. The van der Waals surface area contributed by atoms with Crippen LogP contribution in [0.4, 0.5) is 0 Å². The van der Waals surface area contributed by atoms with Gasteiger partial charge >= 0.3 is 0 Å². The van der Waals surface area contributed by atoms with Crippen LogP contribution in [-0.2, 0) is 17.9 Å². The van der Waals surface area contributed by atoms with Gasteiger partial charge < -0.3 is 19.5 Å². The van der Waals surface area contributed by atoms with Crippen molar-refractivity contribution in [3.8, 4) is 0 Å². The molecule has 0 bridgehead atoms. The third-order valence-electron chi connectivity index (χ3n) is 2.29. The van der Waals surface area contributed by atoms with E-state index in [2.05, 4.69) is 22.4 Å². The van der Waals surface area contributed by atoms with Crippen LogP contribution < -0.4 is 5.32 Å². The van der Waals surface area contributed by atoms with E-state index >= 15 is 0 Å². The lowest BCUT2D eigenvalue weighted by atomic mass is 10.3. The van der Waals surface area contributed by atoms with Gasteiger partial charge in [0, 0.05) is 19.7 Å². The molecule has 0 radical (unpaired) electrons. The molecular weight excluding hydrogens is 206 g/mol. The van der Waals surface area contributed by atoms with Crippen LogP contribution in [0.1, 0.15) is 17.9 Å². The largest absolute Gasteiger partial charge is 0.377 e. The average Bonchev–Trinajstić information content (AvgIpc) is 2.66. The molecule has 1 heterocycles. The molecule has 0 saturated carbocycles. The van der Waals surface area contributed by atoms with E-state index in [1.807, 2.05) is 13.1 Å². The minimum Gasteiger partial charge on any atom is -0.377 e. The van der Waals surface area contributed by atoms with Crippen LogP contribution in [0.15, 0.2) is 10.6 Å². The Bertz CT molecular complexity index is 289. The van der Waals surface area contributed by atoms with Crippen LogP contribution in [0.5, 0.6) is 0 Å². The first-order valence-corrected chi connectivity index (χ1v) is 5.52. The zero-order chi connectivity index (χ0) is 11.8. The van der Waals surface area contributed by atoms with Crippen molar-refractivity contribution in [3.05, 3.63) is 17.5 Å². The van der Waals surface area contributed by atoms with Gasteiger partial charge in [0.25, 0.3) is 0 Å². The van der Waals surface area contributed by atoms with Gasteiger partial charge in [0.2, 0.25) is 0 Å². The molecule has 16 heavy (non-hydrogen) atoms. The minimum absolute atomic E-state index is 0.483. The molecular formula is C11H21N3O2. The van der Waals surface area contributed by atoms with Crippen molar-refractivity contribution in [2.75, 3.05) is 34.3 Å². The third-order valence-corrected chi connectivity index (χ3v) is 2.29. The van der Waals surface area contributed by atoms with Crippen molar-refractivity contribution in [3.63, 3.8) is 0 Å². The molecule has 5 nitrogen and oxygen atoms in total. The molecule has 0 saturated heterocycles. The van der Waals surface area contributed by atoms with E-state index in [-0.39, 0.29) is 0 Å². The molecule has 1 rings (SSSR count). The van der Waals surface area contributed by atoms with Gasteiger partial charge in [-0.1, -0.05) is 5.16 Å². The lowest BCUT2D eigenvalue weighted by Gasteiger charge is -2.14. The Hall–Kier alpha value is -0.910. The lowest BCUT2D eigenvalue weighted by Crippen LogP contribution is -2.22. The molecule has 1 aromatic heterocycles. The van der Waals surface area contributed by atoms with Gasteiger partial charge in [-0.05, 0) is 33.6 Å². The predicted octanol–water partition coefficient (Wildman–Crippen LogP) is 0.862. The molecule has 92 valence electrons. The maximum atomic E-state index is 5.12. The minimum atomic E-state index is 0.483. The van der Waals surface area contributed by atoms with E-state index in [9.17, 15) is 0 Å². The van der Waals surface area contributed by atoms with Crippen molar-refractivity contribution >= 4 is 0 Å². The summed E-state index contributed by atoms with van der Waals surface area (Å²) < 4.78 is 10.1. The van der Waals surface area contributed by atoms with E-state index in [0.29, 0.717) is 6.61 Å². The number of hydrogen-bond donors (Lipinski definition) is 1. The van der Waals surface area contributed by atoms with E-state index in [0.717, 1.165) is 37.5 Å². The Kier molecular flexibility index (Phi) is 6.07. The van der Waals surface area contributed by atoms with Gasteiger partial charge in [-0.25, -0.2) is 0 Å². The maximum Gasteiger partial charge on any atom is 0.162 e. The van der Waals surface area contributed by atoms with Crippen LogP contribution in [0.25, 0.3) is 0 Å². The molecule has 0 atom stereocenters. The smallest absolute Gasteiger partial charge is 0.162 e. The molecule has 0 amide bonds. The van der Waals surface area contributed by atoms with Crippen LogP contribution in [0, 0.1) is 0 Å². The summed E-state index contributed by atoms with van der Waals surface area (Å²) in [5, 5.41) is 7.12. The van der Waals surface area contributed by atoms with Crippen molar-refractivity contribution in [2.45, 2.75) is 19.6 Å². The summed E-state index contributed by atoms with van der Waals surface area (Å²) in [5.74, 6) is 0.779. The molecule has 0 aliphatic rings. The highest BCUT2D eigenvalue weighted by Gasteiger charge is 2.06. The topological polar surface area (TPSA) is 50.5 Å². The lowest BCUT2D eigenvalue weighted by molar-refractivity contribution is 0.155. The summed E-state index contributed by atoms with van der Waals surface area (Å²) >= 11 is 0. The second-order valence-corrected chi connectivity index (χ2v) is 3.91. The van der Waals surface area contributed by atoms with Gasteiger partial charge in [0.15, 0.2) is 5.76 Å². The normalized spacial score (nSPS) is 11.2. The fourth-order valence-corrected chi connectivity index (χ4v) is 1.52. The molecule has 0 fully saturated rings. The highest BCUT2D eigenvalue weighted by molar-refractivity contribution is 5.04. The highest BCUT2D eigenvalue weighted by Crippen LogP contribution is 2.06. The fraction of sp³-hybridized carbons (Fsp3) is 0.727. The maximum absolute atomic E-state index is 5.12. The van der Waals surface area contributed by atoms with Crippen LogP contribution >= 0.6 is 0 Å². The Balaban J connectivity index is 2.28. The molecule has 0 aliphatic heterocycles. The number of nitrogens with zero attached hydrogens (tertiary/aromatic N) is 2. The zero-order valence-electron chi connectivity index (χ0n) is 10.3. The SMILES string of the molecule is CNCCCN(C)Cc1cc(COC)on1. The number of rotatable bonds is 8. The van der Waals surface area contributed by atoms with Gasteiger partial charge in [0.1, 0.15) is 6.61 Å². The Labute approximate surface area is 96.7 Å². The fourth-order valence-electron chi connectivity index (χ4n) is 1.52.